The molecule has 4 rings (SSSR count). The minimum atomic E-state index is -0.999. The lowest BCUT2D eigenvalue weighted by Crippen LogP contribution is -2.34. The molecule has 1 heterocycles. The van der Waals surface area contributed by atoms with E-state index in [-0.39, 0.29) is 24.1 Å². The van der Waals surface area contributed by atoms with Gasteiger partial charge in [0.2, 0.25) is 0 Å². The van der Waals surface area contributed by atoms with E-state index in [0.717, 1.165) is 33.6 Å². The van der Waals surface area contributed by atoms with Crippen LogP contribution in [-0.2, 0) is 9.53 Å². The topological polar surface area (TPSA) is 118 Å². The van der Waals surface area contributed by atoms with Crippen molar-refractivity contribution in [3.63, 3.8) is 0 Å². The molecule has 1 atom stereocenters. The summed E-state index contributed by atoms with van der Waals surface area (Å²) in [6.07, 6.45) is -0.842. The number of nitrogens with zero attached hydrogens (tertiary/aromatic N) is 1. The maximum absolute atomic E-state index is 12.5. The van der Waals surface area contributed by atoms with Gasteiger partial charge in [0.05, 0.1) is 12.1 Å². The lowest BCUT2D eigenvalue weighted by atomic mass is 9.98. The fourth-order valence-electron chi connectivity index (χ4n) is 3.98. The third-order valence-corrected chi connectivity index (χ3v) is 6.49. The van der Waals surface area contributed by atoms with E-state index in [1.54, 1.807) is 13.8 Å². The molecule has 3 aromatic rings. The summed E-state index contributed by atoms with van der Waals surface area (Å²) in [5.74, 6) is -1.49. The van der Waals surface area contributed by atoms with E-state index in [1.165, 1.54) is 0 Å². The number of carboxylic acids is 1. The predicted molar refractivity (Wildman–Crippen MR) is 125 cm³/mol. The standard InChI is InChI=1S/C24H23N3O5S/c1-13(11-20(28)29)25-22(30)21-14(2)26-23(33-21)27-24(31)32-12-19-17-9-5-3-7-15(17)16-8-4-6-10-18(16)19/h3-10,13,19H,11-12H2,1-2H3,(H,25,30)(H,28,29)(H,26,27,31)/t13-/m1/s1. The van der Waals surface area contributed by atoms with Gasteiger partial charge in [-0.05, 0) is 36.1 Å². The third-order valence-electron chi connectivity index (χ3n) is 5.41. The Morgan fingerprint density at radius 1 is 1.09 bits per heavy atom. The van der Waals surface area contributed by atoms with Gasteiger partial charge in [0.25, 0.3) is 5.91 Å². The number of hydrogen-bond donors (Lipinski definition) is 3. The van der Waals surface area contributed by atoms with Crippen molar-refractivity contribution in [3.8, 4) is 11.1 Å². The number of fused-ring (bicyclic) bond motifs is 3. The molecule has 0 bridgehead atoms. The first-order valence-corrected chi connectivity index (χ1v) is 11.3. The van der Waals surface area contributed by atoms with Crippen molar-refractivity contribution in [2.24, 2.45) is 0 Å². The van der Waals surface area contributed by atoms with Crippen molar-refractivity contribution in [1.29, 1.82) is 0 Å². The lowest BCUT2D eigenvalue weighted by Gasteiger charge is -2.14. The van der Waals surface area contributed by atoms with Crippen LogP contribution < -0.4 is 10.6 Å². The van der Waals surface area contributed by atoms with Crippen molar-refractivity contribution in [1.82, 2.24) is 10.3 Å². The highest BCUT2D eigenvalue weighted by Crippen LogP contribution is 2.44. The zero-order valence-corrected chi connectivity index (χ0v) is 18.9. The van der Waals surface area contributed by atoms with Gasteiger partial charge < -0.3 is 15.2 Å². The molecule has 0 aliphatic heterocycles. The summed E-state index contributed by atoms with van der Waals surface area (Å²) in [6, 6.07) is 15.6. The van der Waals surface area contributed by atoms with Gasteiger partial charge in [0.15, 0.2) is 5.13 Å². The van der Waals surface area contributed by atoms with E-state index in [0.29, 0.717) is 10.6 Å². The fraction of sp³-hybridized carbons (Fsp3) is 0.250. The zero-order valence-electron chi connectivity index (χ0n) is 18.1. The van der Waals surface area contributed by atoms with Gasteiger partial charge in [0.1, 0.15) is 11.5 Å². The highest BCUT2D eigenvalue weighted by molar-refractivity contribution is 7.17. The average Bonchev–Trinajstić information content (AvgIpc) is 3.29. The van der Waals surface area contributed by atoms with Crippen LogP contribution in [0.3, 0.4) is 0 Å². The number of benzene rings is 2. The first kappa shape index (κ1) is 22.5. The monoisotopic (exact) mass is 465 g/mol. The molecule has 33 heavy (non-hydrogen) atoms. The highest BCUT2D eigenvalue weighted by atomic mass is 32.1. The quantitative estimate of drug-likeness (QED) is 0.476. The van der Waals surface area contributed by atoms with Crippen molar-refractivity contribution in [2.75, 3.05) is 11.9 Å². The molecule has 1 aromatic heterocycles. The van der Waals surface area contributed by atoms with Gasteiger partial charge in [-0.25, -0.2) is 9.78 Å². The molecule has 8 nitrogen and oxygen atoms in total. The summed E-state index contributed by atoms with van der Waals surface area (Å²) < 4.78 is 5.51. The molecule has 3 N–H and O–H groups in total. The summed E-state index contributed by atoms with van der Waals surface area (Å²) in [5.41, 5.74) is 4.96. The van der Waals surface area contributed by atoms with E-state index in [2.05, 4.69) is 27.8 Å². The Labute approximate surface area is 194 Å². The van der Waals surface area contributed by atoms with Crippen molar-refractivity contribution >= 4 is 34.4 Å². The van der Waals surface area contributed by atoms with Crippen LogP contribution in [0.1, 0.15) is 45.8 Å². The van der Waals surface area contributed by atoms with Crippen LogP contribution in [-0.4, -0.2) is 40.7 Å². The first-order chi connectivity index (χ1) is 15.8. The number of nitrogens with one attached hydrogen (secondary N) is 2. The van der Waals surface area contributed by atoms with Crippen molar-refractivity contribution < 1.29 is 24.2 Å². The number of ether oxygens (including phenoxy) is 1. The number of hydrogen-bond acceptors (Lipinski definition) is 6. The lowest BCUT2D eigenvalue weighted by molar-refractivity contribution is -0.137. The predicted octanol–water partition coefficient (Wildman–Crippen LogP) is 4.41. The molecule has 2 amide bonds. The van der Waals surface area contributed by atoms with Gasteiger partial charge in [-0.1, -0.05) is 59.9 Å². The summed E-state index contributed by atoms with van der Waals surface area (Å²) in [7, 11) is 0. The Hall–Kier alpha value is -3.72. The van der Waals surface area contributed by atoms with Crippen LogP contribution in [0.2, 0.25) is 0 Å². The molecule has 1 aliphatic rings. The van der Waals surface area contributed by atoms with Crippen LogP contribution in [0.15, 0.2) is 48.5 Å². The second-order valence-corrected chi connectivity index (χ2v) is 8.86. The molecule has 0 spiro atoms. The number of amides is 2. The number of aliphatic carboxylic acids is 1. The number of rotatable bonds is 7. The normalized spacial score (nSPS) is 13.0. The molecule has 2 aromatic carbocycles. The van der Waals surface area contributed by atoms with E-state index in [1.807, 2.05) is 36.4 Å². The van der Waals surface area contributed by atoms with E-state index in [9.17, 15) is 14.4 Å². The second kappa shape index (κ2) is 9.41. The molecular weight excluding hydrogens is 442 g/mol. The number of anilines is 1. The number of carbonyl (C=O) groups excluding carboxylic acids is 2. The van der Waals surface area contributed by atoms with Crippen LogP contribution in [0, 0.1) is 6.92 Å². The molecule has 0 fully saturated rings. The van der Waals surface area contributed by atoms with Crippen molar-refractivity contribution in [3.05, 3.63) is 70.2 Å². The number of aromatic nitrogens is 1. The number of carboxylic acid groups (broad SMARTS) is 1. The van der Waals surface area contributed by atoms with Crippen LogP contribution >= 0.6 is 11.3 Å². The van der Waals surface area contributed by atoms with Gasteiger partial charge in [-0.15, -0.1) is 0 Å². The molecule has 1 aliphatic carbocycles. The van der Waals surface area contributed by atoms with E-state index in [4.69, 9.17) is 9.84 Å². The third kappa shape index (κ3) is 4.88. The van der Waals surface area contributed by atoms with Crippen LogP contribution in [0.5, 0.6) is 0 Å². The SMILES string of the molecule is Cc1nc(NC(=O)OCC2c3ccccc3-c3ccccc32)sc1C(=O)N[C@H](C)CC(=O)O. The molecule has 0 saturated heterocycles. The molecule has 170 valence electrons. The molecule has 0 saturated carbocycles. The van der Waals surface area contributed by atoms with Gasteiger partial charge in [0, 0.05) is 12.0 Å². The number of thiazole rings is 1. The molecule has 0 unspecified atom stereocenters. The summed E-state index contributed by atoms with van der Waals surface area (Å²) >= 11 is 1.01. The molecule has 0 radical (unpaired) electrons. The molecule has 9 heteroatoms. The van der Waals surface area contributed by atoms with E-state index >= 15 is 0 Å². The Morgan fingerprint density at radius 3 is 2.30 bits per heavy atom. The Morgan fingerprint density at radius 2 is 1.70 bits per heavy atom. The van der Waals surface area contributed by atoms with Gasteiger partial charge in [-0.2, -0.15) is 0 Å². The van der Waals surface area contributed by atoms with Gasteiger partial charge >= 0.3 is 12.1 Å². The zero-order chi connectivity index (χ0) is 23.5. The molecular formula is C24H23N3O5S. The fourth-order valence-corrected chi connectivity index (χ4v) is 4.84. The summed E-state index contributed by atoms with van der Waals surface area (Å²) in [5, 5.41) is 14.3. The Balaban J connectivity index is 1.39. The largest absolute Gasteiger partial charge is 0.481 e. The highest BCUT2D eigenvalue weighted by Gasteiger charge is 2.29. The van der Waals surface area contributed by atoms with Crippen LogP contribution in [0.4, 0.5) is 9.93 Å². The summed E-state index contributed by atoms with van der Waals surface area (Å²) in [6.45, 7) is 3.43. The maximum atomic E-state index is 12.5. The maximum Gasteiger partial charge on any atom is 0.413 e. The smallest absolute Gasteiger partial charge is 0.413 e. The van der Waals surface area contributed by atoms with E-state index < -0.39 is 24.0 Å². The second-order valence-electron chi connectivity index (χ2n) is 7.86. The van der Waals surface area contributed by atoms with Gasteiger partial charge in [-0.3, -0.25) is 14.9 Å². The van der Waals surface area contributed by atoms with Crippen LogP contribution in [0.25, 0.3) is 11.1 Å². The average molecular weight is 466 g/mol. The first-order valence-electron chi connectivity index (χ1n) is 10.5. The number of aryl methyl sites for hydroxylation is 1. The summed E-state index contributed by atoms with van der Waals surface area (Å²) in [4.78, 5) is 40.2. The Kier molecular flexibility index (Phi) is 6.41. The Bertz CT molecular complexity index is 1180. The number of carbonyl (C=O) groups is 3. The minimum absolute atomic E-state index is 0.0572. The van der Waals surface area contributed by atoms with Crippen molar-refractivity contribution in [2.45, 2.75) is 32.2 Å². The minimum Gasteiger partial charge on any atom is -0.481 e.